The topological polar surface area (TPSA) is 38.4 Å². The minimum Gasteiger partial charge on any atom is -0.403 e. The molecule has 0 aliphatic carbocycles. The van der Waals surface area contributed by atoms with E-state index in [0.29, 0.717) is 5.92 Å². The molecule has 1 atom stereocenters. The molecule has 0 fully saturated rings. The minimum atomic E-state index is 0.557. The first kappa shape index (κ1) is 8.21. The molecule has 0 saturated carbocycles. The average molecular weight is 126 g/mol. The smallest absolute Gasteiger partial charge is 0.0418 e. The molecule has 0 saturated heterocycles. The first-order valence-corrected chi connectivity index (χ1v) is 3.21. The number of aliphatic imine (C=N–C) groups is 1. The molecule has 2 nitrogen and oxygen atoms in total. The van der Waals surface area contributed by atoms with Crippen molar-refractivity contribution in [2.45, 2.75) is 20.3 Å². The van der Waals surface area contributed by atoms with Crippen LogP contribution in [0.25, 0.3) is 0 Å². The van der Waals surface area contributed by atoms with Crippen LogP contribution in [-0.2, 0) is 0 Å². The van der Waals surface area contributed by atoms with Gasteiger partial charge >= 0.3 is 0 Å². The molecule has 9 heavy (non-hydrogen) atoms. The summed E-state index contributed by atoms with van der Waals surface area (Å²) in [5, 5.41) is 0. The van der Waals surface area contributed by atoms with E-state index in [-0.39, 0.29) is 0 Å². The molecule has 0 spiro atoms. The summed E-state index contributed by atoms with van der Waals surface area (Å²) in [6, 6.07) is 0. The summed E-state index contributed by atoms with van der Waals surface area (Å²) in [7, 11) is 0. The SMILES string of the molecule is CCC(C)C=N/C=C\N. The maximum Gasteiger partial charge on any atom is 0.0418 e. The molecule has 0 heterocycles. The van der Waals surface area contributed by atoms with Gasteiger partial charge in [0.05, 0.1) is 0 Å². The van der Waals surface area contributed by atoms with Gasteiger partial charge in [0.1, 0.15) is 0 Å². The lowest BCUT2D eigenvalue weighted by Crippen LogP contribution is -1.91. The van der Waals surface area contributed by atoms with Gasteiger partial charge in [-0.15, -0.1) is 0 Å². The van der Waals surface area contributed by atoms with Crippen molar-refractivity contribution < 1.29 is 0 Å². The second kappa shape index (κ2) is 5.35. The summed E-state index contributed by atoms with van der Waals surface area (Å²) < 4.78 is 0. The molecule has 1 unspecified atom stereocenters. The lowest BCUT2D eigenvalue weighted by molar-refractivity contribution is 0.754. The summed E-state index contributed by atoms with van der Waals surface area (Å²) in [4.78, 5) is 3.93. The van der Waals surface area contributed by atoms with E-state index in [1.807, 2.05) is 6.21 Å². The first-order valence-electron chi connectivity index (χ1n) is 3.21. The molecule has 0 aromatic heterocycles. The van der Waals surface area contributed by atoms with Crippen LogP contribution in [0.1, 0.15) is 20.3 Å². The Morgan fingerprint density at radius 1 is 1.67 bits per heavy atom. The molecular weight excluding hydrogens is 112 g/mol. The summed E-state index contributed by atoms with van der Waals surface area (Å²) in [6.45, 7) is 4.25. The van der Waals surface area contributed by atoms with E-state index in [4.69, 9.17) is 5.73 Å². The Kier molecular flexibility index (Phi) is 4.88. The van der Waals surface area contributed by atoms with Crippen LogP contribution in [0.5, 0.6) is 0 Å². The lowest BCUT2D eigenvalue weighted by atomic mass is 10.1. The quantitative estimate of drug-likeness (QED) is 0.572. The molecule has 2 heteroatoms. The van der Waals surface area contributed by atoms with Gasteiger partial charge in [-0.25, -0.2) is 0 Å². The monoisotopic (exact) mass is 126 g/mol. The molecule has 52 valence electrons. The zero-order valence-corrected chi connectivity index (χ0v) is 6.04. The second-order valence-corrected chi connectivity index (χ2v) is 2.03. The summed E-state index contributed by atoms with van der Waals surface area (Å²) >= 11 is 0. The number of nitrogens with zero attached hydrogens (tertiary/aromatic N) is 1. The van der Waals surface area contributed by atoms with Crippen LogP contribution in [0.2, 0.25) is 0 Å². The van der Waals surface area contributed by atoms with E-state index in [0.717, 1.165) is 6.42 Å². The van der Waals surface area contributed by atoms with E-state index >= 15 is 0 Å². The van der Waals surface area contributed by atoms with Crippen LogP contribution < -0.4 is 5.73 Å². The van der Waals surface area contributed by atoms with Gasteiger partial charge < -0.3 is 5.73 Å². The Labute approximate surface area is 56.5 Å². The first-order chi connectivity index (χ1) is 4.31. The van der Waals surface area contributed by atoms with E-state index in [1.165, 1.54) is 6.20 Å². The Hall–Kier alpha value is -0.790. The fraction of sp³-hybridized carbons (Fsp3) is 0.571. The molecule has 0 aliphatic rings. The Bertz CT molecular complexity index is 105. The molecule has 0 radical (unpaired) electrons. The van der Waals surface area contributed by atoms with Crippen molar-refractivity contribution in [1.29, 1.82) is 0 Å². The van der Waals surface area contributed by atoms with Crippen molar-refractivity contribution in [1.82, 2.24) is 0 Å². The molecule has 0 aliphatic heterocycles. The van der Waals surface area contributed by atoms with E-state index in [1.54, 1.807) is 6.20 Å². The fourth-order valence-corrected chi connectivity index (χ4v) is 0.352. The molecular formula is C7H14N2. The minimum absolute atomic E-state index is 0.557. The highest BCUT2D eigenvalue weighted by atomic mass is 14.7. The van der Waals surface area contributed by atoms with Crippen LogP contribution in [-0.4, -0.2) is 6.21 Å². The van der Waals surface area contributed by atoms with Crippen molar-refractivity contribution in [3.63, 3.8) is 0 Å². The van der Waals surface area contributed by atoms with Gasteiger partial charge in [0.15, 0.2) is 0 Å². The van der Waals surface area contributed by atoms with Crippen molar-refractivity contribution in [2.24, 2.45) is 16.6 Å². The van der Waals surface area contributed by atoms with Gasteiger partial charge in [0, 0.05) is 18.6 Å². The summed E-state index contributed by atoms with van der Waals surface area (Å²) in [5.41, 5.74) is 5.06. The lowest BCUT2D eigenvalue weighted by Gasteiger charge is -1.95. The van der Waals surface area contributed by atoms with Crippen LogP contribution in [0.3, 0.4) is 0 Å². The molecule has 0 bridgehead atoms. The maximum absolute atomic E-state index is 5.06. The molecule has 0 aromatic carbocycles. The highest BCUT2D eigenvalue weighted by molar-refractivity contribution is 5.60. The van der Waals surface area contributed by atoms with Crippen molar-refractivity contribution in [3.8, 4) is 0 Å². The Balaban J connectivity index is 3.43. The number of hydrogen-bond acceptors (Lipinski definition) is 2. The van der Waals surface area contributed by atoms with Crippen LogP contribution in [0.4, 0.5) is 0 Å². The highest BCUT2D eigenvalue weighted by Crippen LogP contribution is 1.94. The largest absolute Gasteiger partial charge is 0.403 e. The fourth-order valence-electron chi connectivity index (χ4n) is 0.352. The standard InChI is InChI=1S/C7H14N2/c1-3-7(2)6-9-5-4-8/h4-7H,3,8H2,1-2H3/b5-4-,9-6?. The van der Waals surface area contributed by atoms with Gasteiger partial charge in [0.25, 0.3) is 0 Å². The average Bonchev–Trinajstić information content (AvgIpc) is 1.89. The number of nitrogens with two attached hydrogens (primary N) is 1. The third-order valence-corrected chi connectivity index (χ3v) is 1.16. The number of hydrogen-bond donors (Lipinski definition) is 1. The molecule has 0 aromatic rings. The predicted octanol–water partition coefficient (Wildman–Crippen LogP) is 1.53. The third kappa shape index (κ3) is 5.07. The number of rotatable bonds is 3. The highest BCUT2D eigenvalue weighted by Gasteiger charge is 1.88. The molecule has 0 rings (SSSR count). The van der Waals surface area contributed by atoms with Crippen molar-refractivity contribution in [3.05, 3.63) is 12.4 Å². The Morgan fingerprint density at radius 2 is 2.33 bits per heavy atom. The van der Waals surface area contributed by atoms with Crippen LogP contribution in [0, 0.1) is 5.92 Å². The van der Waals surface area contributed by atoms with Crippen molar-refractivity contribution >= 4 is 6.21 Å². The van der Waals surface area contributed by atoms with E-state index < -0.39 is 0 Å². The van der Waals surface area contributed by atoms with Gasteiger partial charge in [-0.05, 0) is 12.3 Å². The molecule has 0 amide bonds. The zero-order chi connectivity index (χ0) is 7.11. The van der Waals surface area contributed by atoms with Crippen LogP contribution in [0.15, 0.2) is 17.4 Å². The summed E-state index contributed by atoms with van der Waals surface area (Å²) in [6.07, 6.45) is 6.04. The molecule has 2 N–H and O–H groups in total. The predicted molar refractivity (Wildman–Crippen MR) is 41.3 cm³/mol. The van der Waals surface area contributed by atoms with Crippen molar-refractivity contribution in [2.75, 3.05) is 0 Å². The normalized spacial score (nSPS) is 15.3. The van der Waals surface area contributed by atoms with Gasteiger partial charge in [-0.3, -0.25) is 4.99 Å². The summed E-state index contributed by atoms with van der Waals surface area (Å²) in [5.74, 6) is 0.557. The zero-order valence-electron chi connectivity index (χ0n) is 6.04. The van der Waals surface area contributed by atoms with Gasteiger partial charge in [-0.1, -0.05) is 13.8 Å². The Morgan fingerprint density at radius 3 is 2.78 bits per heavy atom. The van der Waals surface area contributed by atoms with E-state index in [2.05, 4.69) is 18.8 Å². The third-order valence-electron chi connectivity index (χ3n) is 1.16. The van der Waals surface area contributed by atoms with E-state index in [9.17, 15) is 0 Å². The second-order valence-electron chi connectivity index (χ2n) is 2.03. The van der Waals surface area contributed by atoms with Gasteiger partial charge in [-0.2, -0.15) is 0 Å². The maximum atomic E-state index is 5.06. The van der Waals surface area contributed by atoms with Crippen LogP contribution >= 0.6 is 0 Å². The van der Waals surface area contributed by atoms with Gasteiger partial charge in [0.2, 0.25) is 0 Å².